The SMILES string of the molecule is Cc1ccc(S(=O)(=O)N[C@@H](CCCCN)C(=O)NCC(=O)OCCCC(=O)[C@@H](N)CSCc2ccccc2)cc1. The molecule has 40 heavy (non-hydrogen) atoms. The number of benzene rings is 2. The maximum Gasteiger partial charge on any atom is 0.325 e. The van der Waals surface area contributed by atoms with Crippen LogP contribution in [0, 0.1) is 6.92 Å². The maximum atomic E-state index is 12.8. The van der Waals surface area contributed by atoms with Gasteiger partial charge in [-0.25, -0.2) is 8.42 Å². The summed E-state index contributed by atoms with van der Waals surface area (Å²) < 4.78 is 33.1. The van der Waals surface area contributed by atoms with Crippen molar-refractivity contribution < 1.29 is 27.5 Å². The summed E-state index contributed by atoms with van der Waals surface area (Å²) in [6.45, 7) is 1.82. The van der Waals surface area contributed by atoms with E-state index in [1.165, 1.54) is 12.1 Å². The number of carbonyl (C=O) groups is 3. The van der Waals surface area contributed by atoms with E-state index in [-0.39, 0.29) is 30.1 Å². The first kappa shape index (κ1) is 33.4. The Labute approximate surface area is 241 Å². The number of ketones is 1. The number of esters is 1. The Hall–Kier alpha value is -2.77. The van der Waals surface area contributed by atoms with E-state index in [2.05, 4.69) is 10.0 Å². The predicted molar refractivity (Wildman–Crippen MR) is 157 cm³/mol. The number of thioether (sulfide) groups is 1. The normalized spacial score (nSPS) is 12.9. The summed E-state index contributed by atoms with van der Waals surface area (Å²) in [5.41, 5.74) is 13.6. The quantitative estimate of drug-likeness (QED) is 0.141. The monoisotopic (exact) mass is 592 g/mol. The number of hydrogen-bond acceptors (Lipinski definition) is 9. The second kappa shape index (κ2) is 17.8. The first-order valence-corrected chi connectivity index (χ1v) is 15.9. The minimum atomic E-state index is -3.95. The Morgan fingerprint density at radius 2 is 1.70 bits per heavy atom. The molecule has 220 valence electrons. The van der Waals surface area contributed by atoms with Crippen LogP contribution in [0.25, 0.3) is 0 Å². The van der Waals surface area contributed by atoms with Crippen molar-refractivity contribution in [3.05, 3.63) is 65.7 Å². The number of nitrogens with two attached hydrogens (primary N) is 2. The summed E-state index contributed by atoms with van der Waals surface area (Å²) in [5.74, 6) is -0.165. The van der Waals surface area contributed by atoms with Crippen LogP contribution >= 0.6 is 11.8 Å². The molecule has 0 saturated heterocycles. The molecule has 0 spiro atoms. The molecule has 0 aliphatic rings. The highest BCUT2D eigenvalue weighted by Crippen LogP contribution is 2.14. The zero-order valence-electron chi connectivity index (χ0n) is 22.8. The van der Waals surface area contributed by atoms with Crippen LogP contribution in [0.2, 0.25) is 0 Å². The van der Waals surface area contributed by atoms with Gasteiger partial charge < -0.3 is 21.5 Å². The lowest BCUT2D eigenvalue weighted by Crippen LogP contribution is -2.48. The van der Waals surface area contributed by atoms with Gasteiger partial charge in [-0.3, -0.25) is 14.4 Å². The van der Waals surface area contributed by atoms with Gasteiger partial charge in [0.25, 0.3) is 0 Å². The lowest BCUT2D eigenvalue weighted by molar-refractivity contribution is -0.144. The third kappa shape index (κ3) is 12.6. The molecule has 2 rings (SSSR count). The standard InChI is InChI=1S/C28H40N4O6S2/c1-21-12-14-23(15-13-21)40(36,37)32-25(10-5-6-16-29)28(35)31-18-27(34)38-17-7-11-26(33)24(30)20-39-19-22-8-3-2-4-9-22/h2-4,8-9,12-15,24-25,32H,5-7,10-11,16-20,29-30H2,1H3,(H,31,35)/t24-,25-/m0/s1. The number of sulfonamides is 1. The van der Waals surface area contributed by atoms with Crippen LogP contribution in [0.5, 0.6) is 0 Å². The molecule has 0 heterocycles. The van der Waals surface area contributed by atoms with Gasteiger partial charge in [0.2, 0.25) is 15.9 Å². The molecule has 6 N–H and O–H groups in total. The van der Waals surface area contributed by atoms with E-state index >= 15 is 0 Å². The fourth-order valence-corrected chi connectivity index (χ4v) is 5.85. The van der Waals surface area contributed by atoms with Gasteiger partial charge in [-0.05, 0) is 50.4 Å². The number of Topliss-reactive ketones (excluding diaryl/α,β-unsaturated/α-hetero) is 1. The van der Waals surface area contributed by atoms with Crippen molar-refractivity contribution in [3.63, 3.8) is 0 Å². The lowest BCUT2D eigenvalue weighted by Gasteiger charge is -2.18. The summed E-state index contributed by atoms with van der Waals surface area (Å²) >= 11 is 1.59. The molecule has 0 fully saturated rings. The smallest absolute Gasteiger partial charge is 0.325 e. The fourth-order valence-electron chi connectivity index (χ4n) is 3.63. The molecule has 0 aliphatic carbocycles. The summed E-state index contributed by atoms with van der Waals surface area (Å²) in [7, 11) is -3.95. The number of hydrogen-bond donors (Lipinski definition) is 4. The number of unbranched alkanes of at least 4 members (excludes halogenated alkanes) is 1. The molecule has 0 radical (unpaired) electrons. The molecule has 0 unspecified atom stereocenters. The van der Waals surface area contributed by atoms with Gasteiger partial charge >= 0.3 is 5.97 Å². The summed E-state index contributed by atoms with van der Waals surface area (Å²) in [6.07, 6.45) is 1.85. The first-order chi connectivity index (χ1) is 19.1. The zero-order valence-corrected chi connectivity index (χ0v) is 24.5. The van der Waals surface area contributed by atoms with Gasteiger partial charge in [0.15, 0.2) is 5.78 Å². The van der Waals surface area contributed by atoms with E-state index in [9.17, 15) is 22.8 Å². The third-order valence-corrected chi connectivity index (χ3v) is 8.57. The highest BCUT2D eigenvalue weighted by molar-refractivity contribution is 7.98. The van der Waals surface area contributed by atoms with Crippen molar-refractivity contribution in [2.24, 2.45) is 11.5 Å². The number of carbonyl (C=O) groups excluding carboxylic acids is 3. The van der Waals surface area contributed by atoms with Crippen molar-refractivity contribution in [1.29, 1.82) is 0 Å². The second-order valence-electron chi connectivity index (χ2n) is 9.39. The topological polar surface area (TPSA) is 171 Å². The number of ether oxygens (including phenoxy) is 1. The van der Waals surface area contributed by atoms with Gasteiger partial charge in [-0.2, -0.15) is 16.5 Å². The van der Waals surface area contributed by atoms with Crippen LogP contribution in [0.3, 0.4) is 0 Å². The molecule has 0 aliphatic heterocycles. The number of nitrogens with one attached hydrogen (secondary N) is 2. The Morgan fingerprint density at radius 1 is 1.00 bits per heavy atom. The number of amides is 1. The molecule has 2 aromatic carbocycles. The second-order valence-corrected chi connectivity index (χ2v) is 12.1. The third-order valence-electron chi connectivity index (χ3n) is 5.95. The Balaban J connectivity index is 1.72. The lowest BCUT2D eigenvalue weighted by atomic mass is 10.1. The fraction of sp³-hybridized carbons (Fsp3) is 0.464. The van der Waals surface area contributed by atoms with Gasteiger partial charge in [0.1, 0.15) is 12.6 Å². The van der Waals surface area contributed by atoms with Crippen molar-refractivity contribution in [2.75, 3.05) is 25.4 Å². The number of rotatable bonds is 19. The Kier molecular flexibility index (Phi) is 14.9. The van der Waals surface area contributed by atoms with Crippen molar-refractivity contribution >= 4 is 39.4 Å². The zero-order chi connectivity index (χ0) is 29.4. The molecule has 2 atom stereocenters. The average Bonchev–Trinajstić information content (AvgIpc) is 2.94. The minimum absolute atomic E-state index is 0.00427. The highest BCUT2D eigenvalue weighted by Gasteiger charge is 2.26. The van der Waals surface area contributed by atoms with E-state index in [0.717, 1.165) is 16.9 Å². The molecular weight excluding hydrogens is 552 g/mol. The molecule has 10 nitrogen and oxygen atoms in total. The van der Waals surface area contributed by atoms with Crippen molar-refractivity contribution in [3.8, 4) is 0 Å². The summed E-state index contributed by atoms with van der Waals surface area (Å²) in [4.78, 5) is 37.2. The maximum absolute atomic E-state index is 12.8. The van der Waals surface area contributed by atoms with E-state index in [4.69, 9.17) is 16.2 Å². The van der Waals surface area contributed by atoms with Crippen LogP contribution in [0.1, 0.15) is 43.2 Å². The van der Waals surface area contributed by atoms with Crippen LogP contribution in [-0.2, 0) is 34.9 Å². The van der Waals surface area contributed by atoms with E-state index < -0.39 is 40.5 Å². The van der Waals surface area contributed by atoms with Crippen LogP contribution in [-0.4, -0.2) is 63.6 Å². The largest absolute Gasteiger partial charge is 0.464 e. The molecule has 1 amide bonds. The van der Waals surface area contributed by atoms with E-state index in [1.54, 1.807) is 23.9 Å². The highest BCUT2D eigenvalue weighted by atomic mass is 32.2. The average molecular weight is 593 g/mol. The van der Waals surface area contributed by atoms with Crippen molar-refractivity contribution in [1.82, 2.24) is 10.0 Å². The predicted octanol–water partition coefficient (Wildman–Crippen LogP) is 2.04. The molecule has 0 aromatic heterocycles. The van der Waals surface area contributed by atoms with Gasteiger partial charge in [-0.1, -0.05) is 54.4 Å². The molecular formula is C28H40N4O6S2. The van der Waals surface area contributed by atoms with Crippen LogP contribution in [0.15, 0.2) is 59.5 Å². The first-order valence-electron chi connectivity index (χ1n) is 13.2. The van der Waals surface area contributed by atoms with E-state index in [0.29, 0.717) is 31.6 Å². The van der Waals surface area contributed by atoms with Crippen molar-refractivity contribution in [2.45, 2.75) is 61.8 Å². The molecule has 12 heteroatoms. The molecule has 0 bridgehead atoms. The summed E-state index contributed by atoms with van der Waals surface area (Å²) in [5, 5.41) is 2.44. The number of aryl methyl sites for hydroxylation is 1. The van der Waals surface area contributed by atoms with Gasteiger partial charge in [0.05, 0.1) is 17.5 Å². The van der Waals surface area contributed by atoms with E-state index in [1.807, 2.05) is 37.3 Å². The van der Waals surface area contributed by atoms with Crippen LogP contribution < -0.4 is 21.5 Å². The Bertz CT molecular complexity index is 1180. The van der Waals surface area contributed by atoms with Crippen LogP contribution in [0.4, 0.5) is 0 Å². The molecule has 2 aromatic rings. The summed E-state index contributed by atoms with van der Waals surface area (Å²) in [6, 6.07) is 14.5. The minimum Gasteiger partial charge on any atom is -0.464 e. The van der Waals surface area contributed by atoms with Gasteiger partial charge in [0, 0.05) is 17.9 Å². The Morgan fingerprint density at radius 3 is 2.38 bits per heavy atom. The molecule has 0 saturated carbocycles. The van der Waals surface area contributed by atoms with Gasteiger partial charge in [-0.15, -0.1) is 0 Å².